The maximum atomic E-state index is 5.20. The van der Waals surface area contributed by atoms with Crippen LogP contribution in [0, 0.1) is 12.8 Å². The first kappa shape index (κ1) is 18.4. The molecule has 23 heavy (non-hydrogen) atoms. The highest BCUT2D eigenvalue weighted by atomic mass is 16.5. The van der Waals surface area contributed by atoms with E-state index < -0.39 is 0 Å². The van der Waals surface area contributed by atoms with Crippen LogP contribution in [0.2, 0.25) is 0 Å². The van der Waals surface area contributed by atoms with Crippen LogP contribution in [0.25, 0.3) is 0 Å². The van der Waals surface area contributed by atoms with Crippen LogP contribution in [0.4, 0.5) is 0 Å². The zero-order valence-corrected chi connectivity index (χ0v) is 15.4. The van der Waals surface area contributed by atoms with E-state index in [1.807, 2.05) is 6.92 Å². The van der Waals surface area contributed by atoms with Crippen LogP contribution < -0.4 is 0 Å². The summed E-state index contributed by atoms with van der Waals surface area (Å²) in [5.41, 5.74) is 0. The zero-order chi connectivity index (χ0) is 16.5. The lowest BCUT2D eigenvalue weighted by atomic mass is 10.1. The molecule has 1 aromatic rings. The highest BCUT2D eigenvalue weighted by molar-refractivity contribution is 4.96. The minimum Gasteiger partial charge on any atom is -0.340 e. The van der Waals surface area contributed by atoms with Gasteiger partial charge in [-0.25, -0.2) is 0 Å². The van der Waals surface area contributed by atoms with E-state index in [0.717, 1.165) is 18.3 Å². The van der Waals surface area contributed by atoms with E-state index in [4.69, 9.17) is 4.52 Å². The van der Waals surface area contributed by atoms with Crippen molar-refractivity contribution < 1.29 is 4.52 Å². The second kappa shape index (κ2) is 10.1. The summed E-state index contributed by atoms with van der Waals surface area (Å²) in [5.74, 6) is 2.44. The fourth-order valence-corrected chi connectivity index (χ4v) is 3.25. The summed E-state index contributed by atoms with van der Waals surface area (Å²) in [6.45, 7) is 5.29. The topological polar surface area (TPSA) is 42.2 Å². The standard InChI is InChI=1S/C19H35N3O/c1-4-5-6-7-8-9-10-11-14-22(3)18(15-17-12-13-17)19-20-16(2)23-21-19/h17-18H,4-15H2,1-3H3/t18-/m0/s1. The van der Waals surface area contributed by atoms with Gasteiger partial charge in [0.1, 0.15) is 0 Å². The SMILES string of the molecule is CCCCCCCCCCN(C)[C@@H](CC1CC1)c1noc(C)n1. The lowest BCUT2D eigenvalue weighted by Gasteiger charge is -2.25. The van der Waals surface area contributed by atoms with Crippen molar-refractivity contribution in [2.45, 2.75) is 90.5 Å². The molecule has 0 aromatic carbocycles. The summed E-state index contributed by atoms with van der Waals surface area (Å²) in [6.07, 6.45) is 14.9. The maximum Gasteiger partial charge on any atom is 0.223 e. The Kier molecular flexibility index (Phi) is 8.07. The Labute approximate surface area is 142 Å². The lowest BCUT2D eigenvalue weighted by molar-refractivity contribution is 0.207. The van der Waals surface area contributed by atoms with Crippen molar-refractivity contribution in [3.63, 3.8) is 0 Å². The largest absolute Gasteiger partial charge is 0.340 e. The van der Waals surface area contributed by atoms with Gasteiger partial charge in [-0.2, -0.15) is 4.98 Å². The Morgan fingerprint density at radius 3 is 2.30 bits per heavy atom. The molecule has 1 aliphatic rings. The van der Waals surface area contributed by atoms with Gasteiger partial charge in [0.2, 0.25) is 5.89 Å². The molecule has 0 amide bonds. The maximum absolute atomic E-state index is 5.20. The molecule has 0 radical (unpaired) electrons. The van der Waals surface area contributed by atoms with Gasteiger partial charge in [0.25, 0.3) is 0 Å². The fourth-order valence-electron chi connectivity index (χ4n) is 3.25. The average molecular weight is 322 g/mol. The Morgan fingerprint density at radius 1 is 1.09 bits per heavy atom. The molecule has 4 nitrogen and oxygen atoms in total. The third-order valence-corrected chi connectivity index (χ3v) is 4.99. The average Bonchev–Trinajstić information content (AvgIpc) is 3.27. The molecule has 1 aliphatic carbocycles. The number of aryl methyl sites for hydroxylation is 1. The summed E-state index contributed by atoms with van der Waals surface area (Å²) in [6, 6.07) is 0.338. The van der Waals surface area contributed by atoms with Crippen molar-refractivity contribution in [3.8, 4) is 0 Å². The predicted molar refractivity (Wildman–Crippen MR) is 94.4 cm³/mol. The first-order valence-electron chi connectivity index (χ1n) is 9.71. The minimum absolute atomic E-state index is 0.338. The van der Waals surface area contributed by atoms with Crippen LogP contribution in [0.1, 0.15) is 95.3 Å². The number of unbranched alkanes of at least 4 members (excludes halogenated alkanes) is 7. The molecule has 0 unspecified atom stereocenters. The molecular formula is C19H35N3O. The highest BCUT2D eigenvalue weighted by Crippen LogP contribution is 2.39. The summed E-state index contributed by atoms with van der Waals surface area (Å²) < 4.78 is 5.20. The monoisotopic (exact) mass is 321 g/mol. The zero-order valence-electron chi connectivity index (χ0n) is 15.4. The summed E-state index contributed by atoms with van der Waals surface area (Å²) in [7, 11) is 2.22. The van der Waals surface area contributed by atoms with Crippen LogP contribution >= 0.6 is 0 Å². The number of aromatic nitrogens is 2. The quantitative estimate of drug-likeness (QED) is 0.463. The normalized spacial score (nSPS) is 16.2. The Hall–Kier alpha value is -0.900. The van der Waals surface area contributed by atoms with Gasteiger partial charge in [-0.3, -0.25) is 4.90 Å². The van der Waals surface area contributed by atoms with E-state index in [-0.39, 0.29) is 0 Å². The van der Waals surface area contributed by atoms with Crippen LogP contribution in [-0.2, 0) is 0 Å². The van der Waals surface area contributed by atoms with Crippen LogP contribution in [0.5, 0.6) is 0 Å². The van der Waals surface area contributed by atoms with Crippen molar-refractivity contribution in [2.24, 2.45) is 5.92 Å². The lowest BCUT2D eigenvalue weighted by Crippen LogP contribution is -2.27. The first-order valence-corrected chi connectivity index (χ1v) is 9.71. The van der Waals surface area contributed by atoms with E-state index in [1.54, 1.807) is 0 Å². The molecule has 2 rings (SSSR count). The molecule has 4 heteroatoms. The van der Waals surface area contributed by atoms with Gasteiger partial charge < -0.3 is 4.52 Å². The Balaban J connectivity index is 1.65. The molecule has 1 atom stereocenters. The van der Waals surface area contributed by atoms with Crippen molar-refractivity contribution in [1.29, 1.82) is 0 Å². The van der Waals surface area contributed by atoms with Crippen molar-refractivity contribution in [3.05, 3.63) is 11.7 Å². The third-order valence-electron chi connectivity index (χ3n) is 4.99. The minimum atomic E-state index is 0.338. The molecule has 1 fully saturated rings. The number of hydrogen-bond donors (Lipinski definition) is 0. The molecule has 1 heterocycles. The van der Waals surface area contributed by atoms with Crippen molar-refractivity contribution in [1.82, 2.24) is 15.0 Å². The summed E-state index contributed by atoms with van der Waals surface area (Å²) >= 11 is 0. The summed E-state index contributed by atoms with van der Waals surface area (Å²) in [4.78, 5) is 6.92. The number of rotatable bonds is 13. The molecule has 0 spiro atoms. The molecule has 0 N–H and O–H groups in total. The predicted octanol–water partition coefficient (Wildman–Crippen LogP) is 5.29. The molecule has 132 valence electrons. The first-order chi connectivity index (χ1) is 11.2. The molecular weight excluding hydrogens is 286 g/mol. The van der Waals surface area contributed by atoms with Gasteiger partial charge >= 0.3 is 0 Å². The molecule has 0 bridgehead atoms. The highest BCUT2D eigenvalue weighted by Gasteiger charge is 2.30. The van der Waals surface area contributed by atoms with Crippen molar-refractivity contribution >= 4 is 0 Å². The van der Waals surface area contributed by atoms with E-state index in [0.29, 0.717) is 11.9 Å². The fraction of sp³-hybridized carbons (Fsp3) is 0.895. The van der Waals surface area contributed by atoms with Gasteiger partial charge in [0.05, 0.1) is 6.04 Å². The van der Waals surface area contributed by atoms with Crippen molar-refractivity contribution in [2.75, 3.05) is 13.6 Å². The van der Waals surface area contributed by atoms with E-state index in [2.05, 4.69) is 29.0 Å². The van der Waals surface area contributed by atoms with Gasteiger partial charge in [-0.05, 0) is 32.4 Å². The summed E-state index contributed by atoms with van der Waals surface area (Å²) in [5, 5.41) is 4.18. The second-order valence-electron chi connectivity index (χ2n) is 7.32. The molecule has 1 saturated carbocycles. The number of nitrogens with zero attached hydrogens (tertiary/aromatic N) is 3. The van der Waals surface area contributed by atoms with E-state index >= 15 is 0 Å². The smallest absolute Gasteiger partial charge is 0.223 e. The van der Waals surface area contributed by atoms with Gasteiger partial charge in [-0.1, -0.05) is 69.9 Å². The van der Waals surface area contributed by atoms with Gasteiger partial charge in [0.15, 0.2) is 5.82 Å². The molecule has 1 aromatic heterocycles. The van der Waals surface area contributed by atoms with Crippen LogP contribution in [0.3, 0.4) is 0 Å². The molecule has 0 saturated heterocycles. The third kappa shape index (κ3) is 7.03. The second-order valence-corrected chi connectivity index (χ2v) is 7.32. The molecule has 0 aliphatic heterocycles. The van der Waals surface area contributed by atoms with Crippen LogP contribution in [0.15, 0.2) is 4.52 Å². The number of hydrogen-bond acceptors (Lipinski definition) is 4. The Morgan fingerprint density at radius 2 is 1.74 bits per heavy atom. The van der Waals surface area contributed by atoms with Crippen LogP contribution in [-0.4, -0.2) is 28.6 Å². The van der Waals surface area contributed by atoms with Gasteiger partial charge in [-0.15, -0.1) is 0 Å². The van der Waals surface area contributed by atoms with Gasteiger partial charge in [0, 0.05) is 6.92 Å². The van der Waals surface area contributed by atoms with E-state index in [1.165, 1.54) is 70.6 Å². The van der Waals surface area contributed by atoms with E-state index in [9.17, 15) is 0 Å². The Bertz CT molecular complexity index is 428.